The van der Waals surface area contributed by atoms with Gasteiger partial charge in [-0.05, 0) is 37.6 Å². The van der Waals surface area contributed by atoms with Crippen molar-refractivity contribution in [3.63, 3.8) is 0 Å². The zero-order valence-electron chi connectivity index (χ0n) is 9.90. The van der Waals surface area contributed by atoms with Crippen LogP contribution in [0.4, 0.5) is 0 Å². The Morgan fingerprint density at radius 1 is 1.18 bits per heavy atom. The summed E-state index contributed by atoms with van der Waals surface area (Å²) in [5.74, 6) is -0.200. The third-order valence-corrected chi connectivity index (χ3v) is 2.47. The molecule has 1 rings (SSSR count). The number of esters is 1. The number of hydrogen-bond acceptors (Lipinski definition) is 3. The fourth-order valence-electron chi connectivity index (χ4n) is 1.23. The molecule has 0 spiro atoms. The van der Waals surface area contributed by atoms with Crippen LogP contribution in [-0.2, 0) is 14.3 Å². The van der Waals surface area contributed by atoms with E-state index in [0.717, 1.165) is 10.0 Å². The molecular formula is C13H15BrO3. The van der Waals surface area contributed by atoms with Crippen molar-refractivity contribution in [3.8, 4) is 0 Å². The summed E-state index contributed by atoms with van der Waals surface area (Å²) in [6.07, 6.45) is 1.67. The van der Waals surface area contributed by atoms with Gasteiger partial charge in [-0.25, -0.2) is 4.79 Å². The van der Waals surface area contributed by atoms with Gasteiger partial charge in [0, 0.05) is 4.47 Å². The summed E-state index contributed by atoms with van der Waals surface area (Å²) in [5, 5.41) is 0. The van der Waals surface area contributed by atoms with E-state index in [0.29, 0.717) is 13.2 Å². The molecule has 0 saturated carbocycles. The molecule has 0 amide bonds. The van der Waals surface area contributed by atoms with E-state index in [2.05, 4.69) is 15.9 Å². The van der Waals surface area contributed by atoms with Crippen LogP contribution in [0.1, 0.15) is 19.4 Å². The number of rotatable bonds is 5. The first-order chi connectivity index (χ1) is 8.17. The normalized spacial score (nSPS) is 11.1. The Morgan fingerprint density at radius 3 is 2.29 bits per heavy atom. The van der Waals surface area contributed by atoms with E-state index in [4.69, 9.17) is 9.47 Å². The molecule has 0 aliphatic carbocycles. The van der Waals surface area contributed by atoms with Gasteiger partial charge in [-0.2, -0.15) is 0 Å². The third-order valence-electron chi connectivity index (χ3n) is 1.94. The van der Waals surface area contributed by atoms with Gasteiger partial charge in [-0.15, -0.1) is 0 Å². The fourth-order valence-corrected chi connectivity index (χ4v) is 1.49. The average Bonchev–Trinajstić information content (AvgIpc) is 2.31. The highest BCUT2D eigenvalue weighted by Gasteiger charge is 2.11. The zero-order valence-corrected chi connectivity index (χ0v) is 11.5. The summed E-state index contributed by atoms with van der Waals surface area (Å²) in [6.45, 7) is 4.36. The molecule has 1 aromatic rings. The van der Waals surface area contributed by atoms with Crippen LogP contribution in [0.2, 0.25) is 0 Å². The van der Waals surface area contributed by atoms with Gasteiger partial charge < -0.3 is 9.47 Å². The quantitative estimate of drug-likeness (QED) is 0.475. The van der Waals surface area contributed by atoms with Crippen molar-refractivity contribution in [2.45, 2.75) is 13.8 Å². The van der Waals surface area contributed by atoms with Crippen molar-refractivity contribution >= 4 is 28.0 Å². The van der Waals surface area contributed by atoms with Gasteiger partial charge in [0.15, 0.2) is 0 Å². The van der Waals surface area contributed by atoms with Crippen molar-refractivity contribution in [2.75, 3.05) is 13.2 Å². The monoisotopic (exact) mass is 298 g/mol. The minimum atomic E-state index is -0.433. The van der Waals surface area contributed by atoms with E-state index < -0.39 is 5.97 Å². The van der Waals surface area contributed by atoms with Crippen molar-refractivity contribution in [1.82, 2.24) is 0 Å². The lowest BCUT2D eigenvalue weighted by molar-refractivity contribution is -0.142. The maximum absolute atomic E-state index is 11.6. The molecule has 3 nitrogen and oxygen atoms in total. The largest absolute Gasteiger partial charge is 0.487 e. The molecule has 4 heteroatoms. The summed E-state index contributed by atoms with van der Waals surface area (Å²) >= 11 is 3.35. The van der Waals surface area contributed by atoms with Gasteiger partial charge in [-0.1, -0.05) is 28.1 Å². The molecule has 0 fully saturated rings. The molecule has 0 aliphatic heterocycles. The molecule has 92 valence electrons. The molecule has 17 heavy (non-hydrogen) atoms. The molecule has 0 atom stereocenters. The highest BCUT2D eigenvalue weighted by Crippen LogP contribution is 2.14. The number of hydrogen-bond donors (Lipinski definition) is 0. The molecule has 0 saturated heterocycles. The van der Waals surface area contributed by atoms with Crippen LogP contribution in [0, 0.1) is 0 Å². The number of benzene rings is 1. The average molecular weight is 299 g/mol. The van der Waals surface area contributed by atoms with Gasteiger partial charge in [0.25, 0.3) is 0 Å². The highest BCUT2D eigenvalue weighted by atomic mass is 79.9. The predicted octanol–water partition coefficient (Wildman–Crippen LogP) is 3.39. The summed E-state index contributed by atoms with van der Waals surface area (Å²) < 4.78 is 11.2. The summed E-state index contributed by atoms with van der Waals surface area (Å²) in [4.78, 5) is 11.6. The molecule has 0 N–H and O–H groups in total. The van der Waals surface area contributed by atoms with E-state index in [9.17, 15) is 4.79 Å². The number of carbonyl (C=O) groups excluding carboxylic acids is 1. The van der Waals surface area contributed by atoms with Crippen molar-refractivity contribution < 1.29 is 14.3 Å². The molecule has 0 radical (unpaired) electrons. The molecule has 1 aromatic carbocycles. The lowest BCUT2D eigenvalue weighted by Crippen LogP contribution is -2.10. The Morgan fingerprint density at radius 2 is 1.76 bits per heavy atom. The minimum absolute atomic E-state index is 0.233. The molecule has 0 bridgehead atoms. The van der Waals surface area contributed by atoms with E-state index in [1.807, 2.05) is 31.2 Å². The molecule has 0 aliphatic rings. The second-order valence-corrected chi connectivity index (χ2v) is 4.13. The lowest BCUT2D eigenvalue weighted by Gasteiger charge is -2.07. The molecule has 0 heterocycles. The van der Waals surface area contributed by atoms with Crippen LogP contribution >= 0.6 is 15.9 Å². The second-order valence-electron chi connectivity index (χ2n) is 3.21. The Bertz CT molecular complexity index is 396. The van der Waals surface area contributed by atoms with Crippen molar-refractivity contribution in [2.24, 2.45) is 0 Å². The third kappa shape index (κ3) is 4.61. The van der Waals surface area contributed by atoms with Crippen LogP contribution in [0.25, 0.3) is 6.08 Å². The molecular weight excluding hydrogens is 284 g/mol. The number of ether oxygens (including phenoxy) is 2. The highest BCUT2D eigenvalue weighted by molar-refractivity contribution is 9.10. The Balaban J connectivity index is 2.89. The van der Waals surface area contributed by atoms with Gasteiger partial charge in [0.05, 0.1) is 13.2 Å². The second kappa shape index (κ2) is 7.12. The number of carbonyl (C=O) groups is 1. The van der Waals surface area contributed by atoms with Gasteiger partial charge in [0.2, 0.25) is 5.76 Å². The Kier molecular flexibility index (Phi) is 5.77. The Hall–Kier alpha value is -1.29. The first-order valence-corrected chi connectivity index (χ1v) is 6.23. The summed E-state index contributed by atoms with van der Waals surface area (Å²) in [7, 11) is 0. The maximum Gasteiger partial charge on any atom is 0.373 e. The SMILES string of the molecule is CCOC(=O)/C(=C/c1ccc(Br)cc1)OCC. The van der Waals surface area contributed by atoms with Crippen molar-refractivity contribution in [3.05, 3.63) is 40.1 Å². The standard InChI is InChI=1S/C13H15BrO3/c1-3-16-12(13(15)17-4-2)9-10-5-7-11(14)8-6-10/h5-9H,3-4H2,1-2H3/b12-9-. The van der Waals surface area contributed by atoms with Crippen LogP contribution in [0.5, 0.6) is 0 Å². The summed E-state index contributed by atoms with van der Waals surface area (Å²) in [5.41, 5.74) is 0.893. The number of halogens is 1. The Labute approximate surface area is 110 Å². The van der Waals surface area contributed by atoms with Crippen LogP contribution in [0.3, 0.4) is 0 Å². The fraction of sp³-hybridized carbons (Fsp3) is 0.308. The van der Waals surface area contributed by atoms with Crippen LogP contribution < -0.4 is 0 Å². The molecule has 0 aromatic heterocycles. The van der Waals surface area contributed by atoms with E-state index in [1.54, 1.807) is 13.0 Å². The summed E-state index contributed by atoms with van der Waals surface area (Å²) in [6, 6.07) is 7.59. The topological polar surface area (TPSA) is 35.5 Å². The first kappa shape index (κ1) is 13.8. The van der Waals surface area contributed by atoms with E-state index in [1.165, 1.54) is 0 Å². The predicted molar refractivity (Wildman–Crippen MR) is 70.4 cm³/mol. The van der Waals surface area contributed by atoms with E-state index in [-0.39, 0.29) is 5.76 Å². The van der Waals surface area contributed by atoms with Crippen molar-refractivity contribution in [1.29, 1.82) is 0 Å². The van der Waals surface area contributed by atoms with Crippen LogP contribution in [0.15, 0.2) is 34.5 Å². The first-order valence-electron chi connectivity index (χ1n) is 5.44. The lowest BCUT2D eigenvalue weighted by atomic mass is 10.2. The van der Waals surface area contributed by atoms with Crippen LogP contribution in [-0.4, -0.2) is 19.2 Å². The maximum atomic E-state index is 11.6. The minimum Gasteiger partial charge on any atom is -0.487 e. The van der Waals surface area contributed by atoms with E-state index >= 15 is 0 Å². The smallest absolute Gasteiger partial charge is 0.373 e. The molecule has 0 unspecified atom stereocenters. The van der Waals surface area contributed by atoms with Gasteiger partial charge in [-0.3, -0.25) is 0 Å². The van der Waals surface area contributed by atoms with Gasteiger partial charge >= 0.3 is 5.97 Å². The zero-order chi connectivity index (χ0) is 12.7. The van der Waals surface area contributed by atoms with Gasteiger partial charge in [0.1, 0.15) is 0 Å².